The Balaban J connectivity index is 1.49. The van der Waals surface area contributed by atoms with Crippen LogP contribution in [0.25, 0.3) is 10.8 Å². The van der Waals surface area contributed by atoms with Crippen LogP contribution in [0.3, 0.4) is 0 Å². The summed E-state index contributed by atoms with van der Waals surface area (Å²) in [5.74, 6) is 0.112. The van der Waals surface area contributed by atoms with E-state index in [1.165, 1.54) is 0 Å². The number of anilines is 1. The average Bonchev–Trinajstić information content (AvgIpc) is 2.64. The Morgan fingerprint density at radius 1 is 0.923 bits per heavy atom. The zero-order chi connectivity index (χ0) is 18.4. The molecule has 0 aromatic heterocycles. The normalized spacial score (nSPS) is 10.2. The van der Waals surface area contributed by atoms with Crippen LogP contribution in [-0.2, 0) is 4.79 Å². The highest BCUT2D eigenvalue weighted by atomic mass is 35.5. The molecule has 0 atom stereocenters. The summed E-state index contributed by atoms with van der Waals surface area (Å²) in [4.78, 5) is 23.6. The highest BCUT2D eigenvalue weighted by molar-refractivity contribution is 6.30. The Kier molecular flexibility index (Phi) is 5.56. The molecule has 0 aliphatic heterocycles. The van der Waals surface area contributed by atoms with Crippen LogP contribution in [0, 0.1) is 0 Å². The van der Waals surface area contributed by atoms with Crippen molar-refractivity contribution in [2.45, 2.75) is 0 Å². The molecule has 0 aliphatic rings. The van der Waals surface area contributed by atoms with E-state index in [0.29, 0.717) is 16.5 Å². The molecule has 6 nitrogen and oxygen atoms in total. The average molecular weight is 370 g/mol. The van der Waals surface area contributed by atoms with Crippen molar-refractivity contribution in [3.05, 3.63) is 71.8 Å². The number of amides is 3. The van der Waals surface area contributed by atoms with Gasteiger partial charge in [-0.2, -0.15) is 0 Å². The van der Waals surface area contributed by atoms with Gasteiger partial charge in [-0.25, -0.2) is 10.2 Å². The molecule has 26 heavy (non-hydrogen) atoms. The molecule has 7 heteroatoms. The van der Waals surface area contributed by atoms with Gasteiger partial charge < -0.3 is 10.1 Å². The van der Waals surface area contributed by atoms with E-state index in [1.807, 2.05) is 36.4 Å². The van der Waals surface area contributed by atoms with E-state index in [4.69, 9.17) is 16.3 Å². The lowest BCUT2D eigenvalue weighted by atomic mass is 10.1. The summed E-state index contributed by atoms with van der Waals surface area (Å²) in [5.41, 5.74) is 5.04. The second-order valence-corrected chi connectivity index (χ2v) is 5.84. The minimum atomic E-state index is -0.592. The van der Waals surface area contributed by atoms with Crippen LogP contribution in [0.5, 0.6) is 5.75 Å². The minimum absolute atomic E-state index is 0.231. The standard InChI is InChI=1S/C19H16ClN3O3/c20-14-7-4-8-15(11-14)21-19(25)23-22-18(24)12-26-17-10-3-6-13-5-1-2-9-16(13)17/h1-11H,12H2,(H,22,24)(H2,21,23,25). The SMILES string of the molecule is O=C(COc1cccc2ccccc12)NNC(=O)Nc1cccc(Cl)c1. The third-order valence-electron chi connectivity index (χ3n) is 3.51. The maximum absolute atomic E-state index is 11.9. The number of fused-ring (bicyclic) bond motifs is 1. The fourth-order valence-electron chi connectivity index (χ4n) is 2.36. The lowest BCUT2D eigenvalue weighted by Crippen LogP contribution is -2.45. The van der Waals surface area contributed by atoms with Gasteiger partial charge in [-0.1, -0.05) is 54.1 Å². The van der Waals surface area contributed by atoms with E-state index >= 15 is 0 Å². The predicted octanol–water partition coefficient (Wildman–Crippen LogP) is 3.72. The van der Waals surface area contributed by atoms with Crippen molar-refractivity contribution in [1.82, 2.24) is 10.9 Å². The number of hydrazine groups is 1. The summed E-state index contributed by atoms with van der Waals surface area (Å²) in [6.45, 7) is -0.231. The summed E-state index contributed by atoms with van der Waals surface area (Å²) in [5, 5.41) is 4.97. The van der Waals surface area contributed by atoms with Crippen LogP contribution >= 0.6 is 11.6 Å². The third-order valence-corrected chi connectivity index (χ3v) is 3.74. The van der Waals surface area contributed by atoms with Crippen molar-refractivity contribution in [3.8, 4) is 5.75 Å². The summed E-state index contributed by atoms with van der Waals surface area (Å²) in [6, 6.07) is 19.4. The predicted molar refractivity (Wildman–Crippen MR) is 101 cm³/mol. The fraction of sp³-hybridized carbons (Fsp3) is 0.0526. The fourth-order valence-corrected chi connectivity index (χ4v) is 2.55. The summed E-state index contributed by atoms with van der Waals surface area (Å²) in [7, 11) is 0. The zero-order valence-electron chi connectivity index (χ0n) is 13.7. The quantitative estimate of drug-likeness (QED) is 0.613. The number of ether oxygens (including phenoxy) is 1. The van der Waals surface area contributed by atoms with Crippen molar-refractivity contribution in [1.29, 1.82) is 0 Å². The monoisotopic (exact) mass is 369 g/mol. The van der Waals surface area contributed by atoms with Gasteiger partial charge >= 0.3 is 6.03 Å². The Labute approximate surface area is 155 Å². The Morgan fingerprint density at radius 2 is 1.69 bits per heavy atom. The van der Waals surface area contributed by atoms with Crippen molar-refractivity contribution < 1.29 is 14.3 Å². The van der Waals surface area contributed by atoms with Crippen LogP contribution in [0.4, 0.5) is 10.5 Å². The first-order chi connectivity index (χ1) is 12.6. The van der Waals surface area contributed by atoms with Crippen molar-refractivity contribution in [2.75, 3.05) is 11.9 Å². The Morgan fingerprint density at radius 3 is 2.54 bits per heavy atom. The van der Waals surface area contributed by atoms with E-state index in [9.17, 15) is 9.59 Å². The number of urea groups is 1. The highest BCUT2D eigenvalue weighted by Crippen LogP contribution is 2.24. The molecule has 3 amide bonds. The molecule has 0 aliphatic carbocycles. The highest BCUT2D eigenvalue weighted by Gasteiger charge is 2.07. The topological polar surface area (TPSA) is 79.5 Å². The van der Waals surface area contributed by atoms with E-state index in [-0.39, 0.29) is 6.61 Å². The van der Waals surface area contributed by atoms with E-state index in [1.54, 1.807) is 30.3 Å². The molecule has 132 valence electrons. The molecule has 3 aromatic rings. The van der Waals surface area contributed by atoms with Crippen LogP contribution in [-0.4, -0.2) is 18.5 Å². The van der Waals surface area contributed by atoms with E-state index in [2.05, 4.69) is 16.2 Å². The third kappa shape index (κ3) is 4.64. The minimum Gasteiger partial charge on any atom is -0.483 e. The molecule has 0 fully saturated rings. The number of carbonyl (C=O) groups is 2. The van der Waals surface area contributed by atoms with E-state index < -0.39 is 11.9 Å². The van der Waals surface area contributed by atoms with Gasteiger partial charge in [0.1, 0.15) is 5.75 Å². The molecule has 3 N–H and O–H groups in total. The molecule has 0 spiro atoms. The summed E-state index contributed by atoms with van der Waals surface area (Å²) >= 11 is 5.84. The van der Waals surface area contributed by atoms with Gasteiger partial charge in [0.2, 0.25) is 0 Å². The molecule has 0 saturated carbocycles. The number of hydrogen-bond acceptors (Lipinski definition) is 3. The van der Waals surface area contributed by atoms with Crippen LogP contribution in [0.2, 0.25) is 5.02 Å². The Bertz CT molecular complexity index is 941. The second-order valence-electron chi connectivity index (χ2n) is 5.40. The van der Waals surface area contributed by atoms with Gasteiger partial charge in [-0.05, 0) is 29.7 Å². The first-order valence-corrected chi connectivity index (χ1v) is 8.21. The molecule has 0 saturated heterocycles. The Hall–Kier alpha value is -3.25. The van der Waals surface area contributed by atoms with Gasteiger partial charge in [0.25, 0.3) is 5.91 Å². The second kappa shape index (κ2) is 8.22. The molecule has 3 rings (SSSR count). The molecule has 0 unspecified atom stereocenters. The lowest BCUT2D eigenvalue weighted by Gasteiger charge is -2.11. The van der Waals surface area contributed by atoms with E-state index in [0.717, 1.165) is 10.8 Å². The number of hydrogen-bond donors (Lipinski definition) is 3. The van der Waals surface area contributed by atoms with Gasteiger partial charge in [0.05, 0.1) is 0 Å². The molecule has 0 heterocycles. The smallest absolute Gasteiger partial charge is 0.337 e. The molecular weight excluding hydrogens is 354 g/mol. The molecule has 0 radical (unpaired) electrons. The summed E-state index contributed by atoms with van der Waals surface area (Å²) in [6.07, 6.45) is 0. The zero-order valence-corrected chi connectivity index (χ0v) is 14.4. The first-order valence-electron chi connectivity index (χ1n) is 7.84. The van der Waals surface area contributed by atoms with Crippen LogP contribution < -0.4 is 20.9 Å². The lowest BCUT2D eigenvalue weighted by molar-refractivity contribution is -0.123. The largest absolute Gasteiger partial charge is 0.483 e. The van der Waals surface area contributed by atoms with Crippen molar-refractivity contribution in [2.24, 2.45) is 0 Å². The number of halogens is 1. The summed E-state index contributed by atoms with van der Waals surface area (Å²) < 4.78 is 5.55. The number of benzene rings is 3. The van der Waals surface area contributed by atoms with Crippen LogP contribution in [0.1, 0.15) is 0 Å². The van der Waals surface area contributed by atoms with Gasteiger partial charge in [0, 0.05) is 16.1 Å². The first kappa shape index (κ1) is 17.6. The van der Waals surface area contributed by atoms with Crippen molar-refractivity contribution >= 4 is 40.0 Å². The molecule has 0 bridgehead atoms. The van der Waals surface area contributed by atoms with Crippen molar-refractivity contribution in [3.63, 3.8) is 0 Å². The number of nitrogens with one attached hydrogen (secondary N) is 3. The van der Waals surface area contributed by atoms with Gasteiger partial charge in [0.15, 0.2) is 6.61 Å². The van der Waals surface area contributed by atoms with Gasteiger partial charge in [-0.3, -0.25) is 10.2 Å². The number of rotatable bonds is 4. The maximum atomic E-state index is 11.9. The molecular formula is C19H16ClN3O3. The van der Waals surface area contributed by atoms with Crippen LogP contribution in [0.15, 0.2) is 66.7 Å². The van der Waals surface area contributed by atoms with Gasteiger partial charge in [-0.15, -0.1) is 0 Å². The molecule has 3 aromatic carbocycles. The number of carbonyl (C=O) groups excluding carboxylic acids is 2. The maximum Gasteiger partial charge on any atom is 0.337 e.